The largest absolute Gasteiger partial charge is 0.383 e. The van der Waals surface area contributed by atoms with Gasteiger partial charge in [-0.1, -0.05) is 0 Å². The molecule has 0 amide bonds. The van der Waals surface area contributed by atoms with E-state index in [2.05, 4.69) is 14.7 Å². The van der Waals surface area contributed by atoms with Crippen LogP contribution in [0.2, 0.25) is 0 Å². The van der Waals surface area contributed by atoms with Crippen molar-refractivity contribution in [2.45, 2.75) is 0 Å². The third-order valence-corrected chi connectivity index (χ3v) is 1.18. The Balaban J connectivity index is 2.72. The topological polar surface area (TPSA) is 69.2 Å². The molecule has 0 saturated heterocycles. The number of rotatable bonds is 0. The van der Waals surface area contributed by atoms with Crippen molar-refractivity contribution in [3.63, 3.8) is 0 Å². The van der Waals surface area contributed by atoms with E-state index >= 15 is 0 Å². The van der Waals surface area contributed by atoms with Gasteiger partial charge in [0.1, 0.15) is 0 Å². The highest BCUT2D eigenvalue weighted by molar-refractivity contribution is 6.12. The van der Waals surface area contributed by atoms with Gasteiger partial charge in [-0.05, 0) is 0 Å². The predicted octanol–water partition coefficient (Wildman–Crippen LogP) is -0.213. The molecule has 1 aliphatic rings. The van der Waals surface area contributed by atoms with E-state index in [0.29, 0.717) is 0 Å². The highest BCUT2D eigenvalue weighted by atomic mass is 16.6. The summed E-state index contributed by atoms with van der Waals surface area (Å²) in [4.78, 5) is 28.5. The van der Waals surface area contributed by atoms with Crippen molar-refractivity contribution in [3.05, 3.63) is 23.7 Å². The molecule has 5 nitrogen and oxygen atoms in total. The minimum absolute atomic E-state index is 0.286. The maximum Gasteiger partial charge on any atom is 0.367 e. The van der Waals surface area contributed by atoms with Gasteiger partial charge >= 0.3 is 11.9 Å². The van der Waals surface area contributed by atoms with Crippen LogP contribution in [0.5, 0.6) is 0 Å². The summed E-state index contributed by atoms with van der Waals surface area (Å²) in [6, 6.07) is 0. The number of aromatic nitrogens is 2. The van der Waals surface area contributed by atoms with E-state index in [1.165, 1.54) is 0 Å². The van der Waals surface area contributed by atoms with Crippen molar-refractivity contribution in [1.29, 1.82) is 0 Å². The van der Waals surface area contributed by atoms with Gasteiger partial charge in [-0.25, -0.2) is 19.6 Å². The van der Waals surface area contributed by atoms with Gasteiger partial charge in [0.05, 0.1) is 2.74 Å². The number of cyclic esters (lactones) is 2. The van der Waals surface area contributed by atoms with Crippen LogP contribution in [0.4, 0.5) is 0 Å². The lowest BCUT2D eigenvalue weighted by atomic mass is 10.3. The van der Waals surface area contributed by atoms with Crippen molar-refractivity contribution in [1.82, 2.24) is 9.97 Å². The van der Waals surface area contributed by atoms with E-state index in [-0.39, 0.29) is 11.4 Å². The molecule has 0 atom stereocenters. The summed E-state index contributed by atoms with van der Waals surface area (Å²) in [7, 11) is 0. The number of ether oxygens (including phenoxy) is 1. The SMILES string of the molecule is [2H]c1nc2c(nc1[2H])C(=O)OC2=O. The van der Waals surface area contributed by atoms with Crippen LogP contribution in [-0.2, 0) is 4.74 Å². The third kappa shape index (κ3) is 0.706. The van der Waals surface area contributed by atoms with Crippen LogP contribution >= 0.6 is 0 Å². The fourth-order valence-corrected chi connectivity index (χ4v) is 0.733. The van der Waals surface area contributed by atoms with E-state index in [1.54, 1.807) is 0 Å². The number of hydrogen-bond donors (Lipinski definition) is 0. The molecule has 0 saturated carbocycles. The van der Waals surface area contributed by atoms with Gasteiger partial charge in [-0.15, -0.1) is 0 Å². The summed E-state index contributed by atoms with van der Waals surface area (Å²) in [5.41, 5.74) is -0.572. The van der Waals surface area contributed by atoms with E-state index in [9.17, 15) is 9.59 Å². The highest BCUT2D eigenvalue weighted by Gasteiger charge is 2.32. The van der Waals surface area contributed by atoms with Crippen LogP contribution in [0.25, 0.3) is 0 Å². The van der Waals surface area contributed by atoms with Crippen molar-refractivity contribution >= 4 is 11.9 Å². The van der Waals surface area contributed by atoms with Crippen LogP contribution in [0.3, 0.4) is 0 Å². The maximum atomic E-state index is 10.8. The second kappa shape index (κ2) is 1.85. The summed E-state index contributed by atoms with van der Waals surface area (Å²) >= 11 is 0. The third-order valence-electron chi connectivity index (χ3n) is 1.18. The molecular weight excluding hydrogens is 148 g/mol. The Morgan fingerprint density at radius 3 is 2.09 bits per heavy atom. The van der Waals surface area contributed by atoms with E-state index in [4.69, 9.17) is 2.74 Å². The Bertz CT molecular complexity index is 393. The molecule has 1 aliphatic heterocycles. The Labute approximate surface area is 63.8 Å². The first kappa shape index (κ1) is 4.17. The molecule has 0 radical (unpaired) electrons. The minimum Gasteiger partial charge on any atom is -0.383 e. The van der Waals surface area contributed by atoms with Gasteiger partial charge in [-0.3, -0.25) is 0 Å². The molecule has 0 aliphatic carbocycles. The summed E-state index contributed by atoms with van der Waals surface area (Å²) in [5.74, 6) is -1.83. The van der Waals surface area contributed by atoms with Crippen LogP contribution in [0.15, 0.2) is 12.3 Å². The second-order valence-electron chi connectivity index (χ2n) is 1.82. The van der Waals surface area contributed by atoms with Crippen LogP contribution in [0.1, 0.15) is 23.7 Å². The van der Waals surface area contributed by atoms with Gasteiger partial charge in [0, 0.05) is 12.3 Å². The zero-order valence-electron chi connectivity index (χ0n) is 7.12. The molecule has 54 valence electrons. The molecule has 0 spiro atoms. The summed E-state index contributed by atoms with van der Waals surface area (Å²) < 4.78 is 18.3. The van der Waals surface area contributed by atoms with Crippen LogP contribution < -0.4 is 0 Å². The number of fused-ring (bicyclic) bond motifs is 1. The first-order valence-corrected chi connectivity index (χ1v) is 2.71. The zero-order chi connectivity index (χ0) is 9.59. The van der Waals surface area contributed by atoms with Crippen LogP contribution in [0, 0.1) is 0 Å². The smallest absolute Gasteiger partial charge is 0.367 e. The van der Waals surface area contributed by atoms with Gasteiger partial charge in [-0.2, -0.15) is 0 Å². The van der Waals surface area contributed by atoms with Crippen LogP contribution in [-0.4, -0.2) is 21.9 Å². The Hall–Kier alpha value is -1.78. The van der Waals surface area contributed by atoms with Gasteiger partial charge < -0.3 is 4.74 Å². The number of carbonyl (C=O) groups is 2. The average Bonchev–Trinajstić information content (AvgIpc) is 2.31. The zero-order valence-corrected chi connectivity index (χ0v) is 5.12. The van der Waals surface area contributed by atoms with Gasteiger partial charge in [0.15, 0.2) is 11.4 Å². The molecule has 0 bridgehead atoms. The molecule has 5 heteroatoms. The average molecular weight is 152 g/mol. The Morgan fingerprint density at radius 1 is 1.18 bits per heavy atom. The maximum absolute atomic E-state index is 10.8. The van der Waals surface area contributed by atoms with Gasteiger partial charge in [0.25, 0.3) is 0 Å². The monoisotopic (exact) mass is 152 g/mol. The number of hydrogen-bond acceptors (Lipinski definition) is 5. The molecule has 2 heterocycles. The fourth-order valence-electron chi connectivity index (χ4n) is 0.733. The molecule has 11 heavy (non-hydrogen) atoms. The summed E-state index contributed by atoms with van der Waals surface area (Å²) in [5, 5.41) is 0. The summed E-state index contributed by atoms with van der Waals surface area (Å²) in [6.45, 7) is 0. The fraction of sp³-hybridized carbons (Fsp3) is 0. The Kier molecular flexibility index (Phi) is 0.702. The van der Waals surface area contributed by atoms with Crippen molar-refractivity contribution in [2.24, 2.45) is 0 Å². The molecule has 1 aromatic heterocycles. The lowest BCUT2D eigenvalue weighted by molar-refractivity contribution is 0.0439. The van der Waals surface area contributed by atoms with E-state index in [1.807, 2.05) is 0 Å². The lowest BCUT2D eigenvalue weighted by Crippen LogP contribution is -1.97. The molecule has 0 unspecified atom stereocenters. The molecule has 2 rings (SSSR count). The van der Waals surface area contributed by atoms with E-state index < -0.39 is 24.3 Å². The number of carbonyl (C=O) groups excluding carboxylic acids is 2. The number of esters is 2. The van der Waals surface area contributed by atoms with Crippen molar-refractivity contribution < 1.29 is 17.1 Å². The quantitative estimate of drug-likeness (QED) is 0.380. The first-order chi connectivity index (χ1) is 6.09. The molecular formula is C6H2N2O3. The lowest BCUT2D eigenvalue weighted by Gasteiger charge is -1.84. The molecule has 0 aromatic carbocycles. The predicted molar refractivity (Wildman–Crippen MR) is 31.8 cm³/mol. The normalized spacial score (nSPS) is 17.1. The Morgan fingerprint density at radius 2 is 1.64 bits per heavy atom. The standard InChI is InChI=1S/C6H2N2O3/c9-5-3-4(6(10)11-5)8-2-1-7-3/h1-2H/i1D,2D. The first-order valence-electron chi connectivity index (χ1n) is 3.71. The second-order valence-corrected chi connectivity index (χ2v) is 1.82. The molecule has 0 fully saturated rings. The van der Waals surface area contributed by atoms with Crippen molar-refractivity contribution in [2.75, 3.05) is 0 Å². The van der Waals surface area contributed by atoms with Gasteiger partial charge in [0.2, 0.25) is 0 Å². The molecule has 1 aromatic rings. The number of nitrogens with zero attached hydrogens (tertiary/aromatic N) is 2. The minimum atomic E-state index is -0.916. The summed E-state index contributed by atoms with van der Waals surface area (Å²) in [6.07, 6.45) is -0.907. The van der Waals surface area contributed by atoms with E-state index in [0.717, 1.165) is 0 Å². The van der Waals surface area contributed by atoms with Crippen molar-refractivity contribution in [3.8, 4) is 0 Å². The highest BCUT2D eigenvalue weighted by Crippen LogP contribution is 2.13. The molecule has 0 N–H and O–H groups in total.